The van der Waals surface area contributed by atoms with Crippen LogP contribution in [0.15, 0.2) is 30.5 Å². The summed E-state index contributed by atoms with van der Waals surface area (Å²) in [5.41, 5.74) is 2.40. The molecule has 1 aromatic carbocycles. The minimum Gasteiger partial charge on any atom is -0.348 e. The van der Waals surface area contributed by atoms with Gasteiger partial charge in [0.2, 0.25) is 0 Å². The van der Waals surface area contributed by atoms with E-state index in [1.807, 2.05) is 31.2 Å². The lowest BCUT2D eigenvalue weighted by atomic mass is 9.94. The van der Waals surface area contributed by atoms with Crippen LogP contribution in [0.5, 0.6) is 0 Å². The Hall–Kier alpha value is -1.56. The number of carbonyl (C=O) groups is 1. The van der Waals surface area contributed by atoms with Gasteiger partial charge in [0.1, 0.15) is 0 Å². The van der Waals surface area contributed by atoms with Crippen molar-refractivity contribution in [3.8, 4) is 5.69 Å². The summed E-state index contributed by atoms with van der Waals surface area (Å²) < 4.78 is 1.79. The van der Waals surface area contributed by atoms with Crippen molar-refractivity contribution in [2.75, 3.05) is 13.1 Å². The summed E-state index contributed by atoms with van der Waals surface area (Å²) in [6.07, 6.45) is 3.44. The molecule has 0 aliphatic carbocycles. The van der Waals surface area contributed by atoms with Gasteiger partial charge in [0.15, 0.2) is 0 Å². The molecule has 2 unspecified atom stereocenters. The molecule has 2 heterocycles. The molecule has 2 atom stereocenters. The Morgan fingerprint density at radius 2 is 2.28 bits per heavy atom. The van der Waals surface area contributed by atoms with Gasteiger partial charge in [-0.3, -0.25) is 4.79 Å². The third-order valence-corrected chi connectivity index (χ3v) is 4.88. The molecule has 1 aliphatic heterocycles. The summed E-state index contributed by atoms with van der Waals surface area (Å²) in [5.74, 6) is 0.420. The maximum absolute atomic E-state index is 12.7. The second-order valence-corrected chi connectivity index (χ2v) is 6.74. The second kappa shape index (κ2) is 8.70. The zero-order valence-corrected chi connectivity index (χ0v) is 16.0. The number of amides is 1. The number of hydrogen-bond acceptors (Lipinski definition) is 3. The van der Waals surface area contributed by atoms with Crippen molar-refractivity contribution in [1.82, 2.24) is 20.4 Å². The van der Waals surface area contributed by atoms with Crippen molar-refractivity contribution >= 4 is 29.9 Å². The molecule has 1 fully saturated rings. The highest BCUT2D eigenvalue weighted by atomic mass is 35.5. The molecule has 1 aliphatic rings. The summed E-state index contributed by atoms with van der Waals surface area (Å²) in [4.78, 5) is 12.7. The highest BCUT2D eigenvalue weighted by molar-refractivity contribution is 6.30. The van der Waals surface area contributed by atoms with E-state index in [0.29, 0.717) is 22.9 Å². The highest BCUT2D eigenvalue weighted by Gasteiger charge is 2.25. The molecule has 5 nitrogen and oxygen atoms in total. The van der Waals surface area contributed by atoms with Crippen LogP contribution in [-0.4, -0.2) is 34.8 Å². The number of nitrogens with one attached hydrogen (secondary N) is 2. The minimum atomic E-state index is -0.0549. The van der Waals surface area contributed by atoms with Gasteiger partial charge in [0.25, 0.3) is 5.91 Å². The van der Waals surface area contributed by atoms with Crippen LogP contribution in [0.3, 0.4) is 0 Å². The van der Waals surface area contributed by atoms with Crippen LogP contribution in [0.1, 0.15) is 36.3 Å². The fourth-order valence-electron chi connectivity index (χ4n) is 3.16. The molecular weight excluding hydrogens is 359 g/mol. The van der Waals surface area contributed by atoms with Gasteiger partial charge in [-0.15, -0.1) is 12.4 Å². The number of nitrogens with zero attached hydrogens (tertiary/aromatic N) is 2. The number of rotatable bonds is 4. The number of piperidine rings is 1. The predicted molar refractivity (Wildman–Crippen MR) is 103 cm³/mol. The third kappa shape index (κ3) is 4.35. The minimum absolute atomic E-state index is 0. The van der Waals surface area contributed by atoms with Gasteiger partial charge < -0.3 is 10.6 Å². The molecule has 136 valence electrons. The zero-order valence-electron chi connectivity index (χ0n) is 14.5. The smallest absolute Gasteiger partial charge is 0.255 e. The molecule has 25 heavy (non-hydrogen) atoms. The molecule has 1 saturated heterocycles. The first kappa shape index (κ1) is 19.8. The summed E-state index contributed by atoms with van der Waals surface area (Å²) in [6.45, 7) is 6.04. The van der Waals surface area contributed by atoms with Crippen LogP contribution in [0.2, 0.25) is 5.02 Å². The predicted octanol–water partition coefficient (Wildman–Crippen LogP) is 3.24. The fraction of sp³-hybridized carbons (Fsp3) is 0.444. The third-order valence-electron chi connectivity index (χ3n) is 4.65. The molecule has 0 radical (unpaired) electrons. The molecule has 2 N–H and O–H groups in total. The normalized spacial score (nSPS) is 20.0. The molecule has 0 bridgehead atoms. The van der Waals surface area contributed by atoms with Gasteiger partial charge in [-0.25, -0.2) is 4.68 Å². The topological polar surface area (TPSA) is 59.0 Å². The van der Waals surface area contributed by atoms with Crippen molar-refractivity contribution in [1.29, 1.82) is 0 Å². The first-order valence-electron chi connectivity index (χ1n) is 8.44. The molecule has 2 aromatic rings. The quantitative estimate of drug-likeness (QED) is 0.852. The van der Waals surface area contributed by atoms with Crippen LogP contribution in [-0.2, 0) is 6.42 Å². The van der Waals surface area contributed by atoms with Crippen molar-refractivity contribution in [2.45, 2.75) is 32.7 Å². The summed E-state index contributed by atoms with van der Waals surface area (Å²) in [7, 11) is 0. The molecule has 1 amide bonds. The highest BCUT2D eigenvalue weighted by Crippen LogP contribution is 2.20. The molecule has 0 saturated carbocycles. The Labute approximate surface area is 159 Å². The number of benzene rings is 1. The van der Waals surface area contributed by atoms with Crippen LogP contribution >= 0.6 is 24.0 Å². The van der Waals surface area contributed by atoms with Crippen LogP contribution < -0.4 is 10.6 Å². The molecule has 3 rings (SSSR count). The van der Waals surface area contributed by atoms with E-state index >= 15 is 0 Å². The standard InChI is InChI=1S/C18H23ClN4O.ClH/c1-3-17-15(18(24)22-16-11-20-8-7-12(16)2)10-21-23(17)14-6-4-5-13(19)9-14;/h4-6,9-10,12,16,20H,3,7-8,11H2,1-2H3,(H,22,24);1H. The van der Waals surface area contributed by atoms with Crippen molar-refractivity contribution < 1.29 is 4.79 Å². The Morgan fingerprint density at radius 3 is 2.96 bits per heavy atom. The Morgan fingerprint density at radius 1 is 1.48 bits per heavy atom. The van der Waals surface area contributed by atoms with Crippen LogP contribution in [0, 0.1) is 5.92 Å². The first-order valence-corrected chi connectivity index (χ1v) is 8.82. The van der Waals surface area contributed by atoms with Crippen molar-refractivity contribution in [3.63, 3.8) is 0 Å². The lowest BCUT2D eigenvalue weighted by Gasteiger charge is -2.30. The van der Waals surface area contributed by atoms with E-state index in [1.165, 1.54) is 0 Å². The van der Waals surface area contributed by atoms with E-state index in [9.17, 15) is 4.79 Å². The van der Waals surface area contributed by atoms with E-state index in [0.717, 1.165) is 30.9 Å². The SMILES string of the molecule is CCc1c(C(=O)NC2CNCCC2C)cnn1-c1cccc(Cl)c1.Cl. The van der Waals surface area contributed by atoms with E-state index in [4.69, 9.17) is 11.6 Å². The summed E-state index contributed by atoms with van der Waals surface area (Å²) in [5, 5.41) is 11.6. The second-order valence-electron chi connectivity index (χ2n) is 6.30. The van der Waals surface area contributed by atoms with Crippen molar-refractivity contribution in [3.05, 3.63) is 46.7 Å². The van der Waals surface area contributed by atoms with E-state index in [2.05, 4.69) is 22.7 Å². The zero-order chi connectivity index (χ0) is 17.1. The largest absolute Gasteiger partial charge is 0.348 e. The fourth-order valence-corrected chi connectivity index (χ4v) is 3.35. The lowest BCUT2D eigenvalue weighted by molar-refractivity contribution is 0.0914. The Kier molecular flexibility index (Phi) is 6.87. The average molecular weight is 383 g/mol. The molecule has 1 aromatic heterocycles. The number of halogens is 2. The molecular formula is C18H24Cl2N4O. The van der Waals surface area contributed by atoms with Gasteiger partial charge in [-0.1, -0.05) is 31.5 Å². The number of hydrogen-bond donors (Lipinski definition) is 2. The molecule has 0 spiro atoms. The van der Waals surface area contributed by atoms with Crippen LogP contribution in [0.4, 0.5) is 0 Å². The maximum Gasteiger partial charge on any atom is 0.255 e. The summed E-state index contributed by atoms with van der Waals surface area (Å²) >= 11 is 6.08. The van der Waals surface area contributed by atoms with Crippen molar-refractivity contribution in [2.24, 2.45) is 5.92 Å². The van der Waals surface area contributed by atoms with Gasteiger partial charge in [-0.2, -0.15) is 5.10 Å². The number of aromatic nitrogens is 2. The van der Waals surface area contributed by atoms with E-state index < -0.39 is 0 Å². The monoisotopic (exact) mass is 382 g/mol. The van der Waals surface area contributed by atoms with Crippen LogP contribution in [0.25, 0.3) is 5.69 Å². The first-order chi connectivity index (χ1) is 11.6. The van der Waals surface area contributed by atoms with E-state index in [-0.39, 0.29) is 24.4 Å². The summed E-state index contributed by atoms with van der Waals surface area (Å²) in [6, 6.07) is 7.65. The van der Waals surface area contributed by atoms with Gasteiger partial charge in [0.05, 0.1) is 23.1 Å². The van der Waals surface area contributed by atoms with Gasteiger partial charge in [-0.05, 0) is 43.5 Å². The average Bonchev–Trinajstić information content (AvgIpc) is 3.01. The number of carbonyl (C=O) groups excluding carboxylic acids is 1. The molecule has 7 heteroatoms. The Balaban J connectivity index is 0.00000225. The lowest BCUT2D eigenvalue weighted by Crippen LogP contribution is -2.50. The van der Waals surface area contributed by atoms with Gasteiger partial charge in [0, 0.05) is 17.6 Å². The van der Waals surface area contributed by atoms with Gasteiger partial charge >= 0.3 is 0 Å². The maximum atomic E-state index is 12.7. The Bertz CT molecular complexity index is 732. The van der Waals surface area contributed by atoms with E-state index in [1.54, 1.807) is 10.9 Å².